The third kappa shape index (κ3) is 6.55. The SMILES string of the molecule is Cc1ccc(C)c(-c2cc(C(F)(F)F)nn2-c2cccc(S(=O)(=O)NOCC3=CCCCC3)c2-n2nc(C(F)(F)F)c3c2-c2cc(C)cc(c2C)C3=O)c1. The summed E-state index contributed by atoms with van der Waals surface area (Å²) in [5, 5.41) is 7.76. The first-order valence-electron chi connectivity index (χ1n) is 16.9. The van der Waals surface area contributed by atoms with Crippen molar-refractivity contribution in [1.82, 2.24) is 24.4 Å². The molecule has 0 aliphatic heterocycles. The topological polar surface area (TPSA) is 108 Å². The number of aryl methyl sites for hydroxylation is 3. The van der Waals surface area contributed by atoms with Gasteiger partial charge in [-0.25, -0.2) is 17.8 Å². The van der Waals surface area contributed by atoms with Gasteiger partial charge in [-0.05, 0) is 112 Å². The molecule has 2 heterocycles. The predicted molar refractivity (Wildman–Crippen MR) is 187 cm³/mol. The number of nitrogens with one attached hydrogen (secondary N) is 1. The number of fused-ring (bicyclic) bond motifs is 4. The fraction of sp³-hybridized carbons (Fsp3) is 0.289. The molecule has 2 aliphatic carbocycles. The molecule has 2 aromatic heterocycles. The van der Waals surface area contributed by atoms with Crippen LogP contribution in [0.25, 0.3) is 33.9 Å². The first kappa shape index (κ1) is 37.3. The number of sulfonamides is 1. The van der Waals surface area contributed by atoms with E-state index in [0.29, 0.717) is 38.9 Å². The van der Waals surface area contributed by atoms with Gasteiger partial charge >= 0.3 is 12.4 Å². The van der Waals surface area contributed by atoms with Gasteiger partial charge in [0.1, 0.15) is 10.6 Å². The van der Waals surface area contributed by atoms with Gasteiger partial charge in [0.05, 0.1) is 29.2 Å². The molecule has 0 radical (unpaired) electrons. The summed E-state index contributed by atoms with van der Waals surface area (Å²) >= 11 is 0. The molecule has 2 aliphatic rings. The van der Waals surface area contributed by atoms with Crippen molar-refractivity contribution in [3.05, 3.63) is 111 Å². The van der Waals surface area contributed by atoms with Gasteiger partial charge in [0, 0.05) is 16.7 Å². The Hall–Kier alpha value is -5.06. The summed E-state index contributed by atoms with van der Waals surface area (Å²) < 4.78 is 118. The summed E-state index contributed by atoms with van der Waals surface area (Å²) in [6.07, 6.45) is -4.93. The molecule has 9 nitrogen and oxygen atoms in total. The maximum absolute atomic E-state index is 14.9. The summed E-state index contributed by atoms with van der Waals surface area (Å²) in [7, 11) is -4.83. The van der Waals surface area contributed by atoms with E-state index in [4.69, 9.17) is 4.84 Å². The number of carbonyl (C=O) groups is 1. The third-order valence-corrected chi connectivity index (χ3v) is 10.9. The van der Waals surface area contributed by atoms with Crippen LogP contribution in [0, 0.1) is 27.7 Å². The number of halogens is 6. The lowest BCUT2D eigenvalue weighted by Crippen LogP contribution is -2.27. The lowest BCUT2D eigenvalue weighted by atomic mass is 9.84. The summed E-state index contributed by atoms with van der Waals surface area (Å²) in [4.78, 5) is 20.6. The Kier molecular flexibility index (Phi) is 9.21. The number of allylic oxidation sites excluding steroid dienone is 1. The van der Waals surface area contributed by atoms with Crippen LogP contribution >= 0.6 is 0 Å². The van der Waals surface area contributed by atoms with Crippen LogP contribution in [0.1, 0.15) is 75.2 Å². The normalized spacial score (nSPS) is 14.7. The highest BCUT2D eigenvalue weighted by Gasteiger charge is 2.46. The average molecular weight is 770 g/mol. The van der Waals surface area contributed by atoms with Gasteiger partial charge < -0.3 is 0 Å². The summed E-state index contributed by atoms with van der Waals surface area (Å²) in [5.74, 6) is -0.990. The highest BCUT2D eigenvalue weighted by molar-refractivity contribution is 7.89. The Morgan fingerprint density at radius 2 is 1.56 bits per heavy atom. The van der Waals surface area contributed by atoms with Crippen molar-refractivity contribution in [2.45, 2.75) is 70.6 Å². The Bertz CT molecular complexity index is 2500. The van der Waals surface area contributed by atoms with Crippen molar-refractivity contribution < 1.29 is 44.4 Å². The van der Waals surface area contributed by atoms with E-state index in [1.54, 1.807) is 39.0 Å². The molecule has 0 unspecified atom stereocenters. The molecule has 0 spiro atoms. The largest absolute Gasteiger partial charge is 0.435 e. The van der Waals surface area contributed by atoms with Crippen molar-refractivity contribution in [2.24, 2.45) is 0 Å². The molecule has 0 amide bonds. The van der Waals surface area contributed by atoms with Gasteiger partial charge in [0.2, 0.25) is 0 Å². The second-order valence-corrected chi connectivity index (χ2v) is 15.2. The predicted octanol–water partition coefficient (Wildman–Crippen LogP) is 8.92. The van der Waals surface area contributed by atoms with Gasteiger partial charge in [-0.3, -0.25) is 9.63 Å². The maximum atomic E-state index is 14.9. The number of para-hydroxylation sites is 1. The fourth-order valence-electron chi connectivity index (χ4n) is 7.02. The molecule has 0 saturated carbocycles. The van der Waals surface area contributed by atoms with E-state index in [2.05, 4.69) is 10.2 Å². The molecule has 2 bridgehead atoms. The summed E-state index contributed by atoms with van der Waals surface area (Å²) in [6.45, 7) is 6.45. The molecule has 54 heavy (non-hydrogen) atoms. The van der Waals surface area contributed by atoms with Crippen LogP contribution < -0.4 is 4.89 Å². The first-order valence-corrected chi connectivity index (χ1v) is 18.4. The minimum absolute atomic E-state index is 0.00914. The molecule has 5 aromatic rings. The van der Waals surface area contributed by atoms with Crippen LogP contribution in [0.5, 0.6) is 0 Å². The minimum Gasteiger partial charge on any atom is -0.288 e. The van der Waals surface area contributed by atoms with E-state index < -0.39 is 55.7 Å². The zero-order valence-corrected chi connectivity index (χ0v) is 30.2. The molecule has 282 valence electrons. The number of alkyl halides is 6. The highest BCUT2D eigenvalue weighted by Crippen LogP contribution is 2.46. The Labute approximate surface area is 306 Å². The molecule has 0 fully saturated rings. The molecular formula is C38H33F6N5O4S. The Morgan fingerprint density at radius 1 is 0.833 bits per heavy atom. The number of aromatic nitrogens is 4. The fourth-order valence-corrected chi connectivity index (χ4v) is 8.02. The van der Waals surface area contributed by atoms with Gasteiger partial charge in [-0.2, -0.15) is 36.5 Å². The van der Waals surface area contributed by atoms with Gasteiger partial charge in [-0.1, -0.05) is 34.7 Å². The Balaban J connectivity index is 1.56. The van der Waals surface area contributed by atoms with Gasteiger partial charge in [0.15, 0.2) is 17.2 Å². The van der Waals surface area contributed by atoms with Crippen molar-refractivity contribution in [3.63, 3.8) is 0 Å². The van der Waals surface area contributed by atoms with E-state index in [-0.39, 0.29) is 34.8 Å². The number of nitrogens with zero attached hydrogens (tertiary/aromatic N) is 4. The zero-order chi connectivity index (χ0) is 38.9. The van der Waals surface area contributed by atoms with E-state index in [9.17, 15) is 39.6 Å². The van der Waals surface area contributed by atoms with Crippen molar-refractivity contribution >= 4 is 15.8 Å². The number of hydrogen-bond acceptors (Lipinski definition) is 6. The van der Waals surface area contributed by atoms with Gasteiger partial charge in [-0.15, -0.1) is 0 Å². The monoisotopic (exact) mass is 769 g/mol. The number of benzene rings is 3. The van der Waals surface area contributed by atoms with Crippen LogP contribution in [0.4, 0.5) is 26.3 Å². The van der Waals surface area contributed by atoms with Crippen LogP contribution in [0.15, 0.2) is 71.1 Å². The number of ketones is 1. The smallest absolute Gasteiger partial charge is 0.288 e. The van der Waals surface area contributed by atoms with Crippen molar-refractivity contribution in [1.29, 1.82) is 0 Å². The molecule has 3 aromatic carbocycles. The van der Waals surface area contributed by atoms with Crippen molar-refractivity contribution in [3.8, 4) is 33.9 Å². The molecular weight excluding hydrogens is 737 g/mol. The number of hydrogen-bond donors (Lipinski definition) is 1. The summed E-state index contributed by atoms with van der Waals surface area (Å²) in [5.41, 5.74) is -1.88. The quantitative estimate of drug-likeness (QED) is 0.0942. The lowest BCUT2D eigenvalue weighted by Gasteiger charge is -2.23. The first-order chi connectivity index (χ1) is 25.4. The molecule has 0 saturated heterocycles. The molecule has 0 atom stereocenters. The van der Waals surface area contributed by atoms with E-state index in [1.807, 2.05) is 11.0 Å². The highest BCUT2D eigenvalue weighted by atomic mass is 32.2. The zero-order valence-electron chi connectivity index (χ0n) is 29.4. The average Bonchev–Trinajstić information content (AvgIpc) is 3.73. The van der Waals surface area contributed by atoms with Crippen molar-refractivity contribution in [2.75, 3.05) is 6.61 Å². The van der Waals surface area contributed by atoms with Crippen LogP contribution in [0.3, 0.4) is 0 Å². The van der Waals surface area contributed by atoms with Crippen LogP contribution in [0.2, 0.25) is 0 Å². The number of rotatable bonds is 8. The summed E-state index contributed by atoms with van der Waals surface area (Å²) in [6, 6.07) is 12.3. The number of carbonyl (C=O) groups excluding carboxylic acids is 1. The van der Waals surface area contributed by atoms with Gasteiger partial charge in [0.25, 0.3) is 10.0 Å². The third-order valence-electron chi connectivity index (χ3n) is 9.62. The standard InChI is InChI=1S/C38H33F6N5O4S/c1-20-13-14-22(3)25(15-20)29-18-31(37(39,40)41)45-48(29)28-11-8-12-30(54(51,52)47-53-19-24-9-6-5-7-10-24)34(28)49-33-26-16-21(2)17-27(23(26)4)35(50)32(33)36(46-49)38(42,43)44/h8-9,11-18,47H,5-7,10,19H2,1-4H3. The second-order valence-electron chi connectivity index (χ2n) is 13.5. The molecule has 7 rings (SSSR count). The molecule has 1 N–H and O–H groups in total. The maximum Gasteiger partial charge on any atom is 0.435 e. The Morgan fingerprint density at radius 3 is 2.24 bits per heavy atom. The minimum atomic E-state index is -5.20. The second kappa shape index (κ2) is 13.4. The van der Waals surface area contributed by atoms with E-state index in [1.165, 1.54) is 31.2 Å². The van der Waals surface area contributed by atoms with Crippen LogP contribution in [-0.2, 0) is 27.2 Å². The molecule has 16 heteroatoms. The van der Waals surface area contributed by atoms with Crippen LogP contribution in [-0.4, -0.2) is 40.4 Å². The van der Waals surface area contributed by atoms with E-state index >= 15 is 0 Å². The van der Waals surface area contributed by atoms with E-state index in [0.717, 1.165) is 41.7 Å². The lowest BCUT2D eigenvalue weighted by molar-refractivity contribution is -0.142.